The van der Waals surface area contributed by atoms with Gasteiger partial charge in [0.1, 0.15) is 6.54 Å². The van der Waals surface area contributed by atoms with E-state index in [1.54, 1.807) is 9.80 Å². The molecule has 0 aromatic heterocycles. The zero-order valence-electron chi connectivity index (χ0n) is 15.3. The number of thiocarbonyl (C=S) groups is 1. The molecule has 1 heterocycles. The number of benzene rings is 1. The van der Waals surface area contributed by atoms with Gasteiger partial charge in [-0.05, 0) is 26.1 Å². The highest BCUT2D eigenvalue weighted by molar-refractivity contribution is 7.80. The Bertz CT molecular complexity index is 468. The van der Waals surface area contributed by atoms with Crippen molar-refractivity contribution in [2.45, 2.75) is 26.8 Å². The van der Waals surface area contributed by atoms with E-state index in [-0.39, 0.29) is 0 Å². The molecule has 24 heavy (non-hydrogen) atoms. The molecule has 4 nitrogen and oxygen atoms in total. The summed E-state index contributed by atoms with van der Waals surface area (Å²) in [6.07, 6.45) is 1.19. The normalized spacial score (nSPS) is 15.7. The van der Waals surface area contributed by atoms with Crippen LogP contribution in [-0.2, 0) is 6.54 Å². The lowest BCUT2D eigenvalue weighted by molar-refractivity contribution is -0.917. The molecule has 3 N–H and O–H groups in total. The summed E-state index contributed by atoms with van der Waals surface area (Å²) in [5.41, 5.74) is 1.43. The second-order valence-corrected chi connectivity index (χ2v) is 7.08. The third-order valence-corrected chi connectivity index (χ3v) is 5.44. The largest absolute Gasteiger partial charge is 0.362 e. The van der Waals surface area contributed by atoms with Crippen molar-refractivity contribution in [1.29, 1.82) is 0 Å². The molecule has 0 radical (unpaired) electrons. The zero-order valence-corrected chi connectivity index (χ0v) is 16.1. The van der Waals surface area contributed by atoms with Gasteiger partial charge in [-0.25, -0.2) is 0 Å². The van der Waals surface area contributed by atoms with Crippen LogP contribution < -0.4 is 15.1 Å². The zero-order chi connectivity index (χ0) is 17.2. The van der Waals surface area contributed by atoms with E-state index in [9.17, 15) is 0 Å². The average molecular weight is 351 g/mol. The van der Waals surface area contributed by atoms with Crippen LogP contribution in [0, 0.1) is 0 Å². The second kappa shape index (κ2) is 10.6. The first-order valence-electron chi connectivity index (χ1n) is 9.46. The first-order chi connectivity index (χ1) is 11.7. The van der Waals surface area contributed by atoms with E-state index < -0.39 is 0 Å². The highest BCUT2D eigenvalue weighted by atomic mass is 32.1. The molecule has 0 spiro atoms. The van der Waals surface area contributed by atoms with Crippen molar-refractivity contribution in [3.63, 3.8) is 0 Å². The molecule has 1 aliphatic heterocycles. The van der Waals surface area contributed by atoms with Crippen LogP contribution in [0.15, 0.2) is 30.3 Å². The lowest BCUT2D eigenvalue weighted by Gasteiger charge is -2.34. The Kier molecular flexibility index (Phi) is 8.50. The fourth-order valence-electron chi connectivity index (χ4n) is 3.34. The Morgan fingerprint density at radius 3 is 2.46 bits per heavy atom. The fourth-order valence-corrected chi connectivity index (χ4v) is 3.62. The lowest BCUT2D eigenvalue weighted by Crippen LogP contribution is -3.13. The summed E-state index contributed by atoms with van der Waals surface area (Å²) in [4.78, 5) is 5.67. The van der Waals surface area contributed by atoms with Crippen LogP contribution in [0.2, 0.25) is 0 Å². The maximum absolute atomic E-state index is 5.58. The molecule has 1 fully saturated rings. The van der Waals surface area contributed by atoms with Crippen molar-refractivity contribution >= 4 is 17.3 Å². The van der Waals surface area contributed by atoms with Gasteiger partial charge in [-0.15, -0.1) is 0 Å². The van der Waals surface area contributed by atoms with Gasteiger partial charge in [-0.2, -0.15) is 0 Å². The molecule has 0 saturated carbocycles. The van der Waals surface area contributed by atoms with Gasteiger partial charge in [0.25, 0.3) is 0 Å². The number of nitrogens with zero attached hydrogens (tertiary/aromatic N) is 1. The van der Waals surface area contributed by atoms with Crippen molar-refractivity contribution in [3.8, 4) is 0 Å². The monoisotopic (exact) mass is 350 g/mol. The fraction of sp³-hybridized carbons (Fsp3) is 0.632. The number of rotatable bonds is 8. The van der Waals surface area contributed by atoms with E-state index in [2.05, 4.69) is 54.4 Å². The van der Waals surface area contributed by atoms with Crippen molar-refractivity contribution in [1.82, 2.24) is 10.2 Å². The molecule has 0 amide bonds. The van der Waals surface area contributed by atoms with Gasteiger partial charge >= 0.3 is 0 Å². The predicted molar refractivity (Wildman–Crippen MR) is 105 cm³/mol. The number of piperazine rings is 1. The molecule has 1 saturated heterocycles. The molecule has 0 atom stereocenters. The molecule has 134 valence electrons. The van der Waals surface area contributed by atoms with Gasteiger partial charge in [0.05, 0.1) is 45.8 Å². The molecule has 1 aliphatic rings. The summed E-state index contributed by atoms with van der Waals surface area (Å²) in [5.74, 6) is 0. The van der Waals surface area contributed by atoms with Gasteiger partial charge in [0, 0.05) is 18.5 Å². The van der Waals surface area contributed by atoms with Gasteiger partial charge in [-0.1, -0.05) is 30.3 Å². The number of hydrogen-bond donors (Lipinski definition) is 3. The first-order valence-corrected chi connectivity index (χ1v) is 9.87. The van der Waals surface area contributed by atoms with Gasteiger partial charge in [-0.3, -0.25) is 0 Å². The molecule has 2 rings (SSSR count). The van der Waals surface area contributed by atoms with Crippen molar-refractivity contribution < 1.29 is 9.80 Å². The number of hydrogen-bond acceptors (Lipinski definition) is 1. The average Bonchev–Trinajstić information content (AvgIpc) is 2.63. The minimum atomic E-state index is 0.948. The topological polar surface area (TPSA) is 24.2 Å². The van der Waals surface area contributed by atoms with Crippen LogP contribution >= 0.6 is 12.2 Å². The van der Waals surface area contributed by atoms with Crippen molar-refractivity contribution in [2.24, 2.45) is 0 Å². The molecule has 0 bridgehead atoms. The molecular weight excluding hydrogens is 316 g/mol. The summed E-state index contributed by atoms with van der Waals surface area (Å²) in [7, 11) is 0. The first kappa shape index (κ1) is 19.2. The molecule has 1 aromatic carbocycles. The Labute approximate surface area is 152 Å². The summed E-state index contributed by atoms with van der Waals surface area (Å²) in [6.45, 7) is 14.8. The van der Waals surface area contributed by atoms with E-state index in [4.69, 9.17) is 12.2 Å². The minimum absolute atomic E-state index is 0.948. The van der Waals surface area contributed by atoms with Crippen LogP contribution in [-0.4, -0.2) is 62.4 Å². The summed E-state index contributed by atoms with van der Waals surface area (Å²) in [5, 5.41) is 4.40. The van der Waals surface area contributed by atoms with Gasteiger partial charge < -0.3 is 20.0 Å². The predicted octanol–water partition coefficient (Wildman–Crippen LogP) is -0.424. The molecular formula is C19H34N4S+2. The van der Waals surface area contributed by atoms with Crippen LogP contribution in [0.5, 0.6) is 0 Å². The highest BCUT2D eigenvalue weighted by Crippen LogP contribution is 1.97. The lowest BCUT2D eigenvalue weighted by atomic mass is 10.2. The molecule has 0 aliphatic carbocycles. The Hall–Kier alpha value is -1.17. The molecule has 0 unspecified atom stereocenters. The van der Waals surface area contributed by atoms with Crippen molar-refractivity contribution in [2.75, 3.05) is 52.4 Å². The van der Waals surface area contributed by atoms with Crippen LogP contribution in [0.25, 0.3) is 0 Å². The molecule has 1 aromatic rings. The maximum Gasteiger partial charge on any atom is 0.169 e. The second-order valence-electron chi connectivity index (χ2n) is 6.69. The summed E-state index contributed by atoms with van der Waals surface area (Å²) >= 11 is 5.58. The third kappa shape index (κ3) is 6.38. The van der Waals surface area contributed by atoms with Crippen molar-refractivity contribution in [3.05, 3.63) is 35.9 Å². The van der Waals surface area contributed by atoms with Crippen LogP contribution in [0.4, 0.5) is 0 Å². The van der Waals surface area contributed by atoms with E-state index in [1.165, 1.54) is 44.7 Å². The van der Waals surface area contributed by atoms with E-state index in [0.29, 0.717) is 0 Å². The SMILES string of the molecule is CC[NH+](CC)CCCNC(=S)N1CC[NH+](Cc2ccccc2)CC1. The van der Waals surface area contributed by atoms with E-state index in [1.807, 2.05) is 0 Å². The highest BCUT2D eigenvalue weighted by Gasteiger charge is 2.21. The van der Waals surface area contributed by atoms with Crippen LogP contribution in [0.1, 0.15) is 25.8 Å². The summed E-state index contributed by atoms with van der Waals surface area (Å²) < 4.78 is 0. The maximum atomic E-state index is 5.58. The minimum Gasteiger partial charge on any atom is -0.362 e. The number of quaternary nitrogens is 2. The Morgan fingerprint density at radius 2 is 1.83 bits per heavy atom. The third-order valence-electron chi connectivity index (χ3n) is 5.04. The number of nitrogens with one attached hydrogen (secondary N) is 3. The van der Waals surface area contributed by atoms with E-state index in [0.717, 1.165) is 31.3 Å². The van der Waals surface area contributed by atoms with Crippen LogP contribution in [0.3, 0.4) is 0 Å². The molecule has 5 heteroatoms. The van der Waals surface area contributed by atoms with E-state index >= 15 is 0 Å². The smallest absolute Gasteiger partial charge is 0.169 e. The Balaban J connectivity index is 1.62. The standard InChI is InChI=1S/C19H32N4S/c1-3-21(4-2)12-8-11-20-19(24)23-15-13-22(14-16-23)17-18-9-6-5-7-10-18/h5-7,9-10H,3-4,8,11-17H2,1-2H3,(H,20,24)/p+2. The van der Waals surface area contributed by atoms with Gasteiger partial charge in [0.15, 0.2) is 5.11 Å². The quantitative estimate of drug-likeness (QED) is 0.438. The summed E-state index contributed by atoms with van der Waals surface area (Å²) in [6, 6.07) is 10.8. The Morgan fingerprint density at radius 1 is 1.17 bits per heavy atom. The van der Waals surface area contributed by atoms with Gasteiger partial charge in [0.2, 0.25) is 0 Å².